The molecule has 0 saturated heterocycles. The first-order valence-electron chi connectivity index (χ1n) is 6.61. The van der Waals surface area contributed by atoms with Gasteiger partial charge in [-0.15, -0.1) is 0 Å². The van der Waals surface area contributed by atoms with E-state index in [1.165, 1.54) is 0 Å². The zero-order valence-electron chi connectivity index (χ0n) is 11.9. The number of hydroxylamine groups is 2. The van der Waals surface area contributed by atoms with E-state index in [0.29, 0.717) is 6.54 Å². The highest BCUT2D eigenvalue weighted by molar-refractivity contribution is 5.75. The Morgan fingerprint density at radius 3 is 2.50 bits per heavy atom. The van der Waals surface area contributed by atoms with Gasteiger partial charge in [-0.2, -0.15) is 0 Å². The molecule has 0 aliphatic heterocycles. The van der Waals surface area contributed by atoms with Gasteiger partial charge >= 0.3 is 5.97 Å². The smallest absolute Gasteiger partial charge is 0.320 e. The van der Waals surface area contributed by atoms with Gasteiger partial charge in [0.05, 0.1) is 6.54 Å². The molecule has 1 aromatic carbocycles. The molecule has 0 unspecified atom stereocenters. The number of carboxylic acid groups (broad SMARTS) is 1. The monoisotopic (exact) mass is 310 g/mol. The summed E-state index contributed by atoms with van der Waals surface area (Å²) in [5.74, 6) is -1.37. The molecule has 9 heteroatoms. The Bertz CT molecular complexity index is 490. The summed E-state index contributed by atoms with van der Waals surface area (Å²) in [6, 6.07) is 7.12. The molecule has 0 aromatic heterocycles. The number of carboxylic acids is 1. The Hall–Kier alpha value is -2.20. The molecule has 0 aliphatic rings. The highest BCUT2D eigenvalue weighted by atomic mass is 16.8. The van der Waals surface area contributed by atoms with Crippen molar-refractivity contribution in [2.24, 2.45) is 16.5 Å². The van der Waals surface area contributed by atoms with Gasteiger partial charge in [0.25, 0.3) is 0 Å². The maximum Gasteiger partial charge on any atom is 0.320 e. The largest absolute Gasteiger partial charge is 0.762 e. The van der Waals surface area contributed by atoms with Crippen molar-refractivity contribution in [2.75, 3.05) is 6.54 Å². The van der Waals surface area contributed by atoms with Gasteiger partial charge in [-0.05, 0) is 12.0 Å². The molecule has 1 aromatic rings. The van der Waals surface area contributed by atoms with E-state index in [0.717, 1.165) is 5.56 Å². The number of aliphatic imine (C=N–C) groups is 1. The Morgan fingerprint density at radius 1 is 1.36 bits per heavy atom. The molecule has 0 bridgehead atoms. The van der Waals surface area contributed by atoms with Gasteiger partial charge in [-0.25, -0.2) is 0 Å². The summed E-state index contributed by atoms with van der Waals surface area (Å²) >= 11 is 0. The lowest BCUT2D eigenvalue weighted by molar-refractivity contribution is -0.141. The standard InChI is InChI=1S/C13H20N5O4/c14-13(15)17-8-10(18(21)22)6-11(12(19)20)16-7-9-4-2-1-3-5-9/h1-5,10-11,16,21H,6-8H2,(H,19,20)(H4,14,15,17)/q-1/t10-,11+/m1/s1. The highest BCUT2D eigenvalue weighted by Crippen LogP contribution is 2.07. The molecular weight excluding hydrogens is 290 g/mol. The second kappa shape index (κ2) is 8.95. The van der Waals surface area contributed by atoms with Crippen LogP contribution in [0.2, 0.25) is 0 Å². The lowest BCUT2D eigenvalue weighted by atomic mass is 10.1. The van der Waals surface area contributed by atoms with Gasteiger partial charge in [-0.1, -0.05) is 30.3 Å². The second-order valence-corrected chi connectivity index (χ2v) is 4.71. The van der Waals surface area contributed by atoms with Crippen molar-refractivity contribution in [3.8, 4) is 0 Å². The van der Waals surface area contributed by atoms with E-state index in [4.69, 9.17) is 16.7 Å². The summed E-state index contributed by atoms with van der Waals surface area (Å²) in [6.07, 6.45) is -0.154. The van der Waals surface area contributed by atoms with Crippen LogP contribution in [0.25, 0.3) is 0 Å². The average molecular weight is 310 g/mol. The fourth-order valence-electron chi connectivity index (χ4n) is 1.83. The zero-order chi connectivity index (χ0) is 16.5. The molecule has 0 saturated carbocycles. The van der Waals surface area contributed by atoms with Gasteiger partial charge in [0.15, 0.2) is 5.96 Å². The summed E-state index contributed by atoms with van der Waals surface area (Å²) in [5.41, 5.74) is 11.2. The second-order valence-electron chi connectivity index (χ2n) is 4.71. The fraction of sp³-hybridized carbons (Fsp3) is 0.385. The minimum absolute atomic E-state index is 0.154. The minimum Gasteiger partial charge on any atom is -0.762 e. The number of hydrogen-bond donors (Lipinski definition) is 5. The number of benzene rings is 1. The van der Waals surface area contributed by atoms with Gasteiger partial charge in [0.2, 0.25) is 0 Å². The highest BCUT2D eigenvalue weighted by Gasteiger charge is 2.22. The van der Waals surface area contributed by atoms with Crippen LogP contribution >= 0.6 is 0 Å². The molecule has 9 nitrogen and oxygen atoms in total. The molecule has 1 rings (SSSR count). The normalized spacial score (nSPS) is 13.6. The van der Waals surface area contributed by atoms with Crippen molar-refractivity contribution in [3.05, 3.63) is 41.1 Å². The molecule has 7 N–H and O–H groups in total. The Morgan fingerprint density at radius 2 is 2.00 bits per heavy atom. The first-order chi connectivity index (χ1) is 10.4. The molecular formula is C13H20N5O4-. The van der Waals surface area contributed by atoms with Crippen LogP contribution in [0.15, 0.2) is 35.3 Å². The van der Waals surface area contributed by atoms with Crippen molar-refractivity contribution in [2.45, 2.75) is 25.0 Å². The zero-order valence-corrected chi connectivity index (χ0v) is 11.9. The number of nitrogens with one attached hydrogen (secondary N) is 1. The first kappa shape index (κ1) is 17.9. The molecule has 22 heavy (non-hydrogen) atoms. The summed E-state index contributed by atoms with van der Waals surface area (Å²) in [5, 5.41) is 31.8. The van der Waals surface area contributed by atoms with Crippen LogP contribution in [0.3, 0.4) is 0 Å². The van der Waals surface area contributed by atoms with Crippen LogP contribution in [0.4, 0.5) is 0 Å². The quantitative estimate of drug-likeness (QED) is 0.231. The maximum atomic E-state index is 11.3. The van der Waals surface area contributed by atoms with Gasteiger partial charge in [-0.3, -0.25) is 15.0 Å². The van der Waals surface area contributed by atoms with Crippen molar-refractivity contribution in [1.29, 1.82) is 0 Å². The number of guanidine groups is 1. The number of nitrogens with zero attached hydrogens (tertiary/aromatic N) is 2. The van der Waals surface area contributed by atoms with Crippen molar-refractivity contribution in [1.82, 2.24) is 10.5 Å². The van der Waals surface area contributed by atoms with Gasteiger partial charge in [0, 0.05) is 12.6 Å². The van der Waals surface area contributed by atoms with E-state index < -0.39 is 18.1 Å². The van der Waals surface area contributed by atoms with Crippen molar-refractivity contribution >= 4 is 11.9 Å². The predicted octanol–water partition coefficient (Wildman–Crippen LogP) is -0.549. The minimum atomic E-state index is -1.13. The number of hydrogen-bond acceptors (Lipinski definition) is 6. The van der Waals surface area contributed by atoms with E-state index in [2.05, 4.69) is 10.3 Å². The van der Waals surface area contributed by atoms with Crippen LogP contribution in [-0.4, -0.2) is 46.1 Å². The number of nitrogens with two attached hydrogens (primary N) is 2. The predicted molar refractivity (Wildman–Crippen MR) is 80.8 cm³/mol. The SMILES string of the molecule is NC(N)=NC[C@@H](C[C@H](NCc1ccccc1)C(=O)O)N([O-])O. The Balaban J connectivity index is 2.64. The van der Waals surface area contributed by atoms with Crippen molar-refractivity contribution in [3.63, 3.8) is 0 Å². The summed E-state index contributed by atoms with van der Waals surface area (Å²) in [6.45, 7) is 0.121. The Labute approximate surface area is 127 Å². The van der Waals surface area contributed by atoms with Crippen LogP contribution in [0.1, 0.15) is 12.0 Å². The summed E-state index contributed by atoms with van der Waals surface area (Å²) in [4.78, 5) is 14.9. The van der Waals surface area contributed by atoms with Crippen LogP contribution in [0.5, 0.6) is 0 Å². The molecule has 122 valence electrons. The number of rotatable bonds is 9. The number of aliphatic carboxylic acids is 1. The van der Waals surface area contributed by atoms with Crippen LogP contribution in [-0.2, 0) is 11.3 Å². The Kier molecular flexibility index (Phi) is 7.26. The topological polar surface area (TPSA) is 160 Å². The molecule has 0 radical (unpaired) electrons. The van der Waals surface area contributed by atoms with Crippen LogP contribution < -0.4 is 16.8 Å². The van der Waals surface area contributed by atoms with E-state index in [-0.39, 0.29) is 24.2 Å². The van der Waals surface area contributed by atoms with E-state index in [1.807, 2.05) is 30.3 Å². The molecule has 0 fully saturated rings. The van der Waals surface area contributed by atoms with Gasteiger partial charge in [0.1, 0.15) is 6.04 Å². The lowest BCUT2D eigenvalue weighted by Gasteiger charge is -2.31. The van der Waals surface area contributed by atoms with Gasteiger partial charge < -0.3 is 32.3 Å². The molecule has 2 atom stereocenters. The van der Waals surface area contributed by atoms with Crippen LogP contribution in [0, 0.1) is 5.21 Å². The third-order valence-corrected chi connectivity index (χ3v) is 3.00. The average Bonchev–Trinajstić information content (AvgIpc) is 2.46. The first-order valence-corrected chi connectivity index (χ1v) is 6.61. The van der Waals surface area contributed by atoms with E-state index in [1.54, 1.807) is 0 Å². The van der Waals surface area contributed by atoms with E-state index in [9.17, 15) is 15.1 Å². The summed E-state index contributed by atoms with van der Waals surface area (Å²) in [7, 11) is 0. The summed E-state index contributed by atoms with van der Waals surface area (Å²) < 4.78 is 0. The fourth-order valence-corrected chi connectivity index (χ4v) is 1.83. The third kappa shape index (κ3) is 6.50. The lowest BCUT2D eigenvalue weighted by Crippen LogP contribution is -2.43. The molecule has 0 spiro atoms. The van der Waals surface area contributed by atoms with Crippen molar-refractivity contribution < 1.29 is 15.1 Å². The molecule has 0 heterocycles. The number of carbonyl (C=O) groups is 1. The molecule has 0 aliphatic carbocycles. The van der Waals surface area contributed by atoms with E-state index >= 15 is 0 Å². The molecule has 0 amide bonds. The third-order valence-electron chi connectivity index (χ3n) is 3.00. The maximum absolute atomic E-state index is 11.3.